The second kappa shape index (κ2) is 7.46. The van der Waals surface area contributed by atoms with Crippen LogP contribution in [0, 0.1) is 5.41 Å². The van der Waals surface area contributed by atoms with Crippen LogP contribution in [0.4, 0.5) is 0 Å². The molecule has 3 rings (SSSR count). The maximum atomic E-state index is 12.6. The van der Waals surface area contributed by atoms with Gasteiger partial charge in [0.25, 0.3) is 0 Å². The summed E-state index contributed by atoms with van der Waals surface area (Å²) in [4.78, 5) is 14.8. The van der Waals surface area contributed by atoms with Crippen molar-refractivity contribution >= 4 is 5.91 Å². The second-order valence-corrected chi connectivity index (χ2v) is 8.72. The zero-order valence-corrected chi connectivity index (χ0v) is 15.8. The molecule has 1 saturated carbocycles. The number of hydrogen-bond donors (Lipinski definition) is 2. The smallest absolute Gasteiger partial charge is 0.234 e. The molecule has 1 heterocycles. The summed E-state index contributed by atoms with van der Waals surface area (Å²) < 4.78 is 0. The minimum atomic E-state index is 0.0786. The highest BCUT2D eigenvalue weighted by Gasteiger charge is 2.37. The molecule has 0 bridgehead atoms. The molecule has 4 nitrogen and oxygen atoms in total. The Kier molecular flexibility index (Phi) is 5.49. The summed E-state index contributed by atoms with van der Waals surface area (Å²) in [6.07, 6.45) is 5.81. The van der Waals surface area contributed by atoms with Gasteiger partial charge < -0.3 is 11.1 Å². The minimum absolute atomic E-state index is 0.0786. The Balaban J connectivity index is 1.56. The Labute approximate surface area is 152 Å². The molecule has 4 heteroatoms. The van der Waals surface area contributed by atoms with E-state index in [1.807, 2.05) is 0 Å². The van der Waals surface area contributed by atoms with E-state index in [2.05, 4.69) is 54.4 Å². The topological polar surface area (TPSA) is 58.4 Å². The molecule has 1 unspecified atom stereocenters. The number of likely N-dealkylation sites (tertiary alicyclic amines) is 1. The maximum Gasteiger partial charge on any atom is 0.234 e. The van der Waals surface area contributed by atoms with E-state index in [1.165, 1.54) is 31.2 Å². The lowest BCUT2D eigenvalue weighted by atomic mass is 9.78. The molecular weight excluding hydrogens is 310 g/mol. The first-order valence-electron chi connectivity index (χ1n) is 9.72. The van der Waals surface area contributed by atoms with Crippen molar-refractivity contribution in [3.8, 4) is 0 Å². The van der Waals surface area contributed by atoms with Crippen LogP contribution in [0.3, 0.4) is 0 Å². The standard InChI is InChI=1S/C21H33N3O/c1-20(2)16-24(13-10-18(20)22)14-19(25)23-15-21(11-6-7-12-21)17-8-4-3-5-9-17/h3-5,8-9,18H,6-7,10-16,22H2,1-2H3,(H,23,25). The molecule has 1 amide bonds. The molecule has 2 aliphatic rings. The van der Waals surface area contributed by atoms with E-state index in [4.69, 9.17) is 5.73 Å². The number of benzene rings is 1. The zero-order chi connectivity index (χ0) is 17.9. The number of nitrogens with one attached hydrogen (secondary N) is 1. The highest BCUT2D eigenvalue weighted by Crippen LogP contribution is 2.40. The molecule has 0 radical (unpaired) electrons. The Hall–Kier alpha value is -1.39. The summed E-state index contributed by atoms with van der Waals surface area (Å²) in [7, 11) is 0. The molecule has 1 aliphatic heterocycles. The molecule has 2 fully saturated rings. The number of nitrogens with zero attached hydrogens (tertiary/aromatic N) is 1. The van der Waals surface area contributed by atoms with Gasteiger partial charge in [-0.15, -0.1) is 0 Å². The first-order chi connectivity index (χ1) is 11.9. The normalized spacial score (nSPS) is 25.6. The number of nitrogens with two attached hydrogens (primary N) is 1. The minimum Gasteiger partial charge on any atom is -0.354 e. The van der Waals surface area contributed by atoms with Gasteiger partial charge in [-0.05, 0) is 30.2 Å². The lowest BCUT2D eigenvalue weighted by Crippen LogP contribution is -2.54. The van der Waals surface area contributed by atoms with Crippen molar-refractivity contribution in [2.24, 2.45) is 11.1 Å². The van der Waals surface area contributed by atoms with E-state index < -0.39 is 0 Å². The van der Waals surface area contributed by atoms with Crippen molar-refractivity contribution in [3.63, 3.8) is 0 Å². The van der Waals surface area contributed by atoms with Gasteiger partial charge in [0.2, 0.25) is 5.91 Å². The van der Waals surface area contributed by atoms with Crippen LogP contribution in [0.2, 0.25) is 0 Å². The Morgan fingerprint density at radius 2 is 1.92 bits per heavy atom. The number of carbonyl (C=O) groups is 1. The number of carbonyl (C=O) groups excluding carboxylic acids is 1. The van der Waals surface area contributed by atoms with Gasteiger partial charge in [0, 0.05) is 31.1 Å². The molecule has 138 valence electrons. The fraction of sp³-hybridized carbons (Fsp3) is 0.667. The van der Waals surface area contributed by atoms with E-state index in [-0.39, 0.29) is 22.8 Å². The van der Waals surface area contributed by atoms with E-state index in [9.17, 15) is 4.79 Å². The third-order valence-corrected chi connectivity index (χ3v) is 6.33. The molecule has 1 aromatic rings. The summed E-state index contributed by atoms with van der Waals surface area (Å²) >= 11 is 0. The van der Waals surface area contributed by atoms with Gasteiger partial charge in [-0.3, -0.25) is 9.69 Å². The quantitative estimate of drug-likeness (QED) is 0.864. The van der Waals surface area contributed by atoms with E-state index in [1.54, 1.807) is 0 Å². The van der Waals surface area contributed by atoms with Gasteiger partial charge in [0.15, 0.2) is 0 Å². The van der Waals surface area contributed by atoms with Gasteiger partial charge >= 0.3 is 0 Å². The van der Waals surface area contributed by atoms with Crippen molar-refractivity contribution in [2.45, 2.75) is 57.4 Å². The first kappa shape index (κ1) is 18.4. The highest BCUT2D eigenvalue weighted by atomic mass is 16.2. The largest absolute Gasteiger partial charge is 0.354 e. The van der Waals surface area contributed by atoms with E-state index >= 15 is 0 Å². The summed E-state index contributed by atoms with van der Waals surface area (Å²) in [5, 5.41) is 3.24. The molecule has 1 aromatic carbocycles. The lowest BCUT2D eigenvalue weighted by molar-refractivity contribution is -0.123. The van der Waals surface area contributed by atoms with Crippen molar-refractivity contribution < 1.29 is 4.79 Å². The number of hydrogen-bond acceptors (Lipinski definition) is 3. The van der Waals surface area contributed by atoms with Gasteiger partial charge in [-0.25, -0.2) is 0 Å². The fourth-order valence-electron chi connectivity index (χ4n) is 4.56. The van der Waals surface area contributed by atoms with Gasteiger partial charge in [-0.1, -0.05) is 57.0 Å². The zero-order valence-electron chi connectivity index (χ0n) is 15.8. The molecule has 1 aliphatic carbocycles. The molecule has 25 heavy (non-hydrogen) atoms. The van der Waals surface area contributed by atoms with Crippen molar-refractivity contribution in [1.82, 2.24) is 10.2 Å². The molecule has 0 spiro atoms. The fourth-order valence-corrected chi connectivity index (χ4v) is 4.56. The summed E-state index contributed by atoms with van der Waals surface area (Å²) in [5.41, 5.74) is 7.78. The van der Waals surface area contributed by atoms with Crippen LogP contribution >= 0.6 is 0 Å². The molecule has 0 aromatic heterocycles. The van der Waals surface area contributed by atoms with Gasteiger partial charge in [0.1, 0.15) is 0 Å². The predicted octanol–water partition coefficient (Wildman–Crippen LogP) is 2.67. The van der Waals surface area contributed by atoms with E-state index in [0.717, 1.165) is 26.1 Å². The van der Waals surface area contributed by atoms with Crippen LogP contribution < -0.4 is 11.1 Å². The lowest BCUT2D eigenvalue weighted by Gasteiger charge is -2.42. The van der Waals surface area contributed by atoms with Crippen molar-refractivity contribution in [3.05, 3.63) is 35.9 Å². The van der Waals surface area contributed by atoms with Gasteiger partial charge in [0.05, 0.1) is 6.54 Å². The maximum absolute atomic E-state index is 12.6. The number of piperidine rings is 1. The van der Waals surface area contributed by atoms with Crippen LogP contribution in [0.25, 0.3) is 0 Å². The SMILES string of the molecule is CC1(C)CN(CC(=O)NCC2(c3ccccc3)CCCC2)CCC1N. The van der Waals surface area contributed by atoms with Crippen LogP contribution in [0.15, 0.2) is 30.3 Å². The third kappa shape index (κ3) is 4.24. The van der Waals surface area contributed by atoms with Crippen LogP contribution in [-0.4, -0.2) is 43.0 Å². The molecule has 1 saturated heterocycles. The number of rotatable bonds is 5. The van der Waals surface area contributed by atoms with Crippen molar-refractivity contribution in [2.75, 3.05) is 26.2 Å². The third-order valence-electron chi connectivity index (χ3n) is 6.33. The number of amides is 1. The van der Waals surface area contributed by atoms with Crippen molar-refractivity contribution in [1.29, 1.82) is 0 Å². The second-order valence-electron chi connectivity index (χ2n) is 8.72. The summed E-state index contributed by atoms with van der Waals surface area (Å²) in [6, 6.07) is 10.9. The van der Waals surface area contributed by atoms with Gasteiger partial charge in [-0.2, -0.15) is 0 Å². The van der Waals surface area contributed by atoms with E-state index in [0.29, 0.717) is 6.54 Å². The van der Waals surface area contributed by atoms with Crippen LogP contribution in [0.5, 0.6) is 0 Å². The molecule has 3 N–H and O–H groups in total. The molecule has 1 atom stereocenters. The van der Waals surface area contributed by atoms with Crippen LogP contribution in [-0.2, 0) is 10.2 Å². The monoisotopic (exact) mass is 343 g/mol. The predicted molar refractivity (Wildman–Crippen MR) is 102 cm³/mol. The Morgan fingerprint density at radius 3 is 2.56 bits per heavy atom. The average molecular weight is 344 g/mol. The summed E-state index contributed by atoms with van der Waals surface area (Å²) in [6.45, 7) is 7.45. The Bertz CT molecular complexity index is 578. The van der Waals surface area contributed by atoms with Crippen LogP contribution in [0.1, 0.15) is 51.5 Å². The summed E-state index contributed by atoms with van der Waals surface area (Å²) in [5.74, 6) is 0.147. The average Bonchev–Trinajstić information content (AvgIpc) is 3.07. The molecular formula is C21H33N3O. The highest BCUT2D eigenvalue weighted by molar-refractivity contribution is 5.78. The Morgan fingerprint density at radius 1 is 1.24 bits per heavy atom. The first-order valence-corrected chi connectivity index (χ1v) is 9.72.